The molecule has 2 N–H and O–H groups in total. The topological polar surface area (TPSA) is 124 Å². The molecule has 10 heteroatoms. The van der Waals surface area contributed by atoms with E-state index >= 15 is 0 Å². The van der Waals surface area contributed by atoms with Crippen LogP contribution in [0.3, 0.4) is 0 Å². The highest BCUT2D eigenvalue weighted by atomic mass is 16.5. The Kier molecular flexibility index (Phi) is 9.14. The summed E-state index contributed by atoms with van der Waals surface area (Å²) in [6, 6.07) is 29.8. The highest BCUT2D eigenvalue weighted by Gasteiger charge is 2.30. The van der Waals surface area contributed by atoms with Gasteiger partial charge in [0.15, 0.2) is 0 Å². The van der Waals surface area contributed by atoms with Gasteiger partial charge in [0.2, 0.25) is 5.91 Å². The third-order valence-corrected chi connectivity index (χ3v) is 7.83. The summed E-state index contributed by atoms with van der Waals surface area (Å²) in [5, 5.41) is 10.2. The number of hydrogen-bond donors (Lipinski definition) is 2. The van der Waals surface area contributed by atoms with E-state index in [1.165, 1.54) is 4.68 Å². The molecule has 232 valence electrons. The monoisotopic (exact) mass is 615 g/mol. The Bertz CT molecular complexity index is 1790. The third-order valence-electron chi connectivity index (χ3n) is 7.83. The molecule has 0 bridgehead atoms. The van der Waals surface area contributed by atoms with Gasteiger partial charge in [0.05, 0.1) is 12.3 Å². The van der Waals surface area contributed by atoms with Crippen molar-refractivity contribution in [3.8, 4) is 22.4 Å². The predicted octanol–water partition coefficient (Wildman–Crippen LogP) is 5.60. The molecule has 0 fully saturated rings. The second kappa shape index (κ2) is 13.9. The molecule has 5 aromatic rings. The van der Waals surface area contributed by atoms with Gasteiger partial charge in [0, 0.05) is 36.4 Å². The minimum Gasteiger partial charge on any atom is -0.465 e. The Morgan fingerprint density at radius 2 is 1.50 bits per heavy atom. The van der Waals surface area contributed by atoms with Crippen molar-refractivity contribution in [1.29, 1.82) is 0 Å². The van der Waals surface area contributed by atoms with Crippen molar-refractivity contribution < 1.29 is 23.9 Å². The molecule has 1 aliphatic rings. The summed E-state index contributed by atoms with van der Waals surface area (Å²) < 4.78 is 12.2. The van der Waals surface area contributed by atoms with Gasteiger partial charge in [0.25, 0.3) is 0 Å². The molecule has 3 aromatic carbocycles. The number of pyridine rings is 1. The van der Waals surface area contributed by atoms with Crippen LogP contribution >= 0.6 is 0 Å². The fourth-order valence-electron chi connectivity index (χ4n) is 5.69. The average molecular weight is 616 g/mol. The van der Waals surface area contributed by atoms with E-state index in [4.69, 9.17) is 9.47 Å². The second-order valence-corrected chi connectivity index (χ2v) is 10.8. The first kappa shape index (κ1) is 30.3. The van der Waals surface area contributed by atoms with Crippen molar-refractivity contribution in [1.82, 2.24) is 20.1 Å². The molecule has 10 nitrogen and oxygen atoms in total. The summed E-state index contributed by atoms with van der Waals surface area (Å²) >= 11 is 0. The van der Waals surface area contributed by atoms with E-state index in [0.717, 1.165) is 33.4 Å². The van der Waals surface area contributed by atoms with Crippen LogP contribution in [0.4, 0.5) is 10.6 Å². The van der Waals surface area contributed by atoms with Gasteiger partial charge in [-0.2, -0.15) is 5.10 Å². The molecule has 0 spiro atoms. The Balaban J connectivity index is 1.20. The molecule has 2 aromatic heterocycles. The zero-order valence-corrected chi connectivity index (χ0v) is 25.3. The van der Waals surface area contributed by atoms with Gasteiger partial charge in [-0.1, -0.05) is 78.9 Å². The molecule has 46 heavy (non-hydrogen) atoms. The highest BCUT2D eigenvalue weighted by Crippen LogP contribution is 2.44. The fraction of sp³-hybridized carbons (Fsp3) is 0.194. The third kappa shape index (κ3) is 6.81. The minimum absolute atomic E-state index is 0.112. The van der Waals surface area contributed by atoms with E-state index in [-0.39, 0.29) is 37.9 Å². The number of fused-ring (bicyclic) bond motifs is 3. The molecule has 2 heterocycles. The maximum atomic E-state index is 13.8. The Hall–Kier alpha value is -5.77. The van der Waals surface area contributed by atoms with E-state index in [9.17, 15) is 14.4 Å². The van der Waals surface area contributed by atoms with Crippen LogP contribution in [0.5, 0.6) is 0 Å². The number of nitrogens with zero attached hydrogens (tertiary/aromatic N) is 3. The van der Waals surface area contributed by atoms with Crippen LogP contribution in [0.1, 0.15) is 29.5 Å². The van der Waals surface area contributed by atoms with E-state index in [1.54, 1.807) is 37.5 Å². The number of anilines is 1. The number of benzene rings is 3. The standard InChI is InChI=1S/C36H33N5O5/c1-2-45-34(42)22-41-33(21-31(40-41)25-16-18-37-19-17-25)39-35(43)32(20-24-10-4-3-5-11-24)38-36(44)46-23-30-28-14-8-6-12-26(28)27-13-7-9-15-29(27)30/h3-19,21,30,32H,2,20,22-23H2,1H3,(H,38,44)(H,39,43). The SMILES string of the molecule is CCOC(=O)Cn1nc(-c2ccncc2)cc1NC(=O)C(Cc1ccccc1)NC(=O)OCC1c2ccccc2-c2ccccc21. The van der Waals surface area contributed by atoms with Crippen LogP contribution in [0, 0.1) is 0 Å². The van der Waals surface area contributed by atoms with Gasteiger partial charge >= 0.3 is 12.1 Å². The number of aromatic nitrogens is 3. The molecular formula is C36H33N5O5. The zero-order valence-electron chi connectivity index (χ0n) is 25.3. The van der Waals surface area contributed by atoms with Gasteiger partial charge in [-0.05, 0) is 46.9 Å². The Morgan fingerprint density at radius 1 is 0.848 bits per heavy atom. The van der Waals surface area contributed by atoms with Gasteiger partial charge < -0.3 is 20.1 Å². The lowest BCUT2D eigenvalue weighted by Gasteiger charge is -2.20. The molecule has 1 atom stereocenters. The smallest absolute Gasteiger partial charge is 0.407 e. The largest absolute Gasteiger partial charge is 0.465 e. The number of nitrogens with one attached hydrogen (secondary N) is 2. The summed E-state index contributed by atoms with van der Waals surface area (Å²) in [7, 11) is 0. The molecule has 6 rings (SSSR count). The van der Waals surface area contributed by atoms with Crippen molar-refractivity contribution in [2.24, 2.45) is 0 Å². The first-order valence-electron chi connectivity index (χ1n) is 15.1. The highest BCUT2D eigenvalue weighted by molar-refractivity contribution is 5.96. The lowest BCUT2D eigenvalue weighted by molar-refractivity contribution is -0.144. The van der Waals surface area contributed by atoms with Crippen molar-refractivity contribution in [3.05, 3.63) is 126 Å². The van der Waals surface area contributed by atoms with Crippen molar-refractivity contribution >= 4 is 23.8 Å². The van der Waals surface area contributed by atoms with Crippen LogP contribution in [-0.2, 0) is 32.0 Å². The quantitative estimate of drug-likeness (QED) is 0.186. The normalized spacial score (nSPS) is 12.5. The predicted molar refractivity (Wildman–Crippen MR) is 173 cm³/mol. The lowest BCUT2D eigenvalue weighted by Crippen LogP contribution is -2.46. The van der Waals surface area contributed by atoms with Gasteiger partial charge in [0.1, 0.15) is 25.0 Å². The van der Waals surface area contributed by atoms with Gasteiger partial charge in [-0.15, -0.1) is 0 Å². The maximum absolute atomic E-state index is 13.8. The van der Waals surface area contributed by atoms with Crippen LogP contribution in [0.2, 0.25) is 0 Å². The first-order chi connectivity index (χ1) is 22.5. The van der Waals surface area contributed by atoms with E-state index in [2.05, 4.69) is 32.8 Å². The number of esters is 1. The number of hydrogen-bond acceptors (Lipinski definition) is 7. The molecular weight excluding hydrogens is 582 g/mol. The summed E-state index contributed by atoms with van der Waals surface area (Å²) in [5.41, 5.74) is 6.57. The molecule has 0 saturated heterocycles. The van der Waals surface area contributed by atoms with Crippen LogP contribution in [0.25, 0.3) is 22.4 Å². The molecule has 1 unspecified atom stereocenters. The van der Waals surface area contributed by atoms with Crippen molar-refractivity contribution in [3.63, 3.8) is 0 Å². The van der Waals surface area contributed by atoms with Crippen LogP contribution < -0.4 is 10.6 Å². The number of ether oxygens (including phenoxy) is 2. The van der Waals surface area contributed by atoms with E-state index in [0.29, 0.717) is 5.69 Å². The zero-order chi connectivity index (χ0) is 31.9. The van der Waals surface area contributed by atoms with E-state index < -0.39 is 24.0 Å². The number of rotatable bonds is 11. The molecule has 0 aliphatic heterocycles. The molecule has 2 amide bonds. The molecule has 1 aliphatic carbocycles. The van der Waals surface area contributed by atoms with Crippen LogP contribution in [0.15, 0.2) is 109 Å². The summed E-state index contributed by atoms with van der Waals surface area (Å²) in [4.78, 5) is 43.5. The molecule has 0 saturated carbocycles. The summed E-state index contributed by atoms with van der Waals surface area (Å²) in [5.74, 6) is -0.843. The van der Waals surface area contributed by atoms with E-state index in [1.807, 2.05) is 66.7 Å². The number of alkyl carbamates (subject to hydrolysis) is 1. The first-order valence-corrected chi connectivity index (χ1v) is 15.1. The minimum atomic E-state index is -0.992. The fourth-order valence-corrected chi connectivity index (χ4v) is 5.69. The number of amides is 2. The van der Waals surface area contributed by atoms with Crippen molar-refractivity contribution in [2.45, 2.75) is 31.8 Å². The van der Waals surface area contributed by atoms with Crippen molar-refractivity contribution in [2.75, 3.05) is 18.5 Å². The summed E-state index contributed by atoms with van der Waals surface area (Å²) in [6.07, 6.45) is 2.76. The lowest BCUT2D eigenvalue weighted by atomic mass is 9.98. The summed E-state index contributed by atoms with van der Waals surface area (Å²) in [6.45, 7) is 1.83. The average Bonchev–Trinajstić information content (AvgIpc) is 3.62. The van der Waals surface area contributed by atoms with Crippen LogP contribution in [-0.4, -0.2) is 52.0 Å². The Morgan fingerprint density at radius 3 is 2.17 bits per heavy atom. The van der Waals surface area contributed by atoms with Gasteiger partial charge in [-0.3, -0.25) is 14.6 Å². The second-order valence-electron chi connectivity index (χ2n) is 10.8. The Labute approximate surface area is 266 Å². The van der Waals surface area contributed by atoms with Gasteiger partial charge in [-0.25, -0.2) is 9.48 Å². The number of carbonyl (C=O) groups excluding carboxylic acids is 3. The molecule has 0 radical (unpaired) electrons. The number of carbonyl (C=O) groups is 3. The maximum Gasteiger partial charge on any atom is 0.407 e.